The summed E-state index contributed by atoms with van der Waals surface area (Å²) in [7, 11) is 0. The zero-order valence-corrected chi connectivity index (χ0v) is 6.68. The van der Waals surface area contributed by atoms with Crippen molar-refractivity contribution >= 4 is 5.69 Å². The molecule has 0 fully saturated rings. The fourth-order valence-electron chi connectivity index (χ4n) is 0.867. The number of rotatable bonds is 3. The molecule has 5 nitrogen and oxygen atoms in total. The van der Waals surface area contributed by atoms with E-state index < -0.39 is 28.7 Å². The van der Waals surface area contributed by atoms with Gasteiger partial charge in [-0.05, 0) is 6.07 Å². The molecule has 0 heterocycles. The molecule has 0 atom stereocenters. The Bertz CT molecular complexity index is 356. The Hall–Kier alpha value is -1.92. The van der Waals surface area contributed by atoms with Crippen molar-refractivity contribution in [2.24, 2.45) is 0 Å². The third-order valence-electron chi connectivity index (χ3n) is 1.38. The van der Waals surface area contributed by atoms with Gasteiger partial charge < -0.3 is 9.84 Å². The van der Waals surface area contributed by atoms with Crippen molar-refractivity contribution in [3.8, 4) is 11.5 Å². The number of hydrogen-bond donors (Lipinski definition) is 1. The maximum Gasteiger partial charge on any atom is 0.387 e. The summed E-state index contributed by atoms with van der Waals surface area (Å²) in [6, 6.07) is 3.13. The topological polar surface area (TPSA) is 72.6 Å². The lowest BCUT2D eigenvalue weighted by atomic mass is 10.3. The first-order valence-corrected chi connectivity index (χ1v) is 3.43. The van der Waals surface area contributed by atoms with Gasteiger partial charge in [0.25, 0.3) is 0 Å². The molecule has 1 aromatic rings. The first kappa shape index (κ1) is 10.2. The van der Waals surface area contributed by atoms with Crippen LogP contribution in [0.4, 0.5) is 14.5 Å². The Morgan fingerprint density at radius 1 is 1.50 bits per heavy atom. The smallest absolute Gasteiger partial charge is 0.387 e. The predicted molar refractivity (Wildman–Crippen MR) is 41.4 cm³/mol. The van der Waals surface area contributed by atoms with E-state index in [-0.39, 0.29) is 0 Å². The molecule has 0 aliphatic rings. The van der Waals surface area contributed by atoms with Crippen molar-refractivity contribution in [3.63, 3.8) is 0 Å². The van der Waals surface area contributed by atoms with Crippen molar-refractivity contribution in [1.82, 2.24) is 0 Å². The molecule has 0 amide bonds. The SMILES string of the molecule is O=[N+]([O-])c1cccc(O)c1OC(F)F. The van der Waals surface area contributed by atoms with Gasteiger partial charge in [0.2, 0.25) is 5.75 Å². The van der Waals surface area contributed by atoms with Crippen molar-refractivity contribution < 1.29 is 23.5 Å². The number of benzene rings is 1. The molecule has 0 aliphatic carbocycles. The fourth-order valence-corrected chi connectivity index (χ4v) is 0.867. The van der Waals surface area contributed by atoms with E-state index in [9.17, 15) is 18.9 Å². The molecular formula is C7H5F2NO4. The van der Waals surface area contributed by atoms with Gasteiger partial charge in [-0.2, -0.15) is 8.78 Å². The number of phenols is 1. The van der Waals surface area contributed by atoms with Crippen LogP contribution in [0.15, 0.2) is 18.2 Å². The Morgan fingerprint density at radius 3 is 2.64 bits per heavy atom. The first-order chi connectivity index (χ1) is 6.52. The summed E-state index contributed by atoms with van der Waals surface area (Å²) in [4.78, 5) is 9.41. The highest BCUT2D eigenvalue weighted by atomic mass is 19.3. The molecule has 14 heavy (non-hydrogen) atoms. The number of phenolic OH excluding ortho intramolecular Hbond substituents is 1. The molecule has 1 aromatic carbocycles. The summed E-state index contributed by atoms with van der Waals surface area (Å²) in [5.41, 5.74) is -0.703. The van der Waals surface area contributed by atoms with Gasteiger partial charge in [0.05, 0.1) is 4.92 Å². The van der Waals surface area contributed by atoms with Gasteiger partial charge in [-0.25, -0.2) is 0 Å². The molecule has 0 saturated heterocycles. The lowest BCUT2D eigenvalue weighted by Crippen LogP contribution is -2.04. The second kappa shape index (κ2) is 3.86. The van der Waals surface area contributed by atoms with Crippen LogP contribution in [0.5, 0.6) is 11.5 Å². The Labute approximate surface area is 76.7 Å². The van der Waals surface area contributed by atoms with Crippen LogP contribution >= 0.6 is 0 Å². The molecule has 0 aromatic heterocycles. The molecule has 0 aliphatic heterocycles. The van der Waals surface area contributed by atoms with Gasteiger partial charge in [0.15, 0.2) is 5.75 Å². The van der Waals surface area contributed by atoms with Crippen LogP contribution in [0, 0.1) is 10.1 Å². The highest BCUT2D eigenvalue weighted by Crippen LogP contribution is 2.36. The number of nitro groups is 1. The number of para-hydroxylation sites is 1. The standard InChI is InChI=1S/C7H5F2NO4/c8-7(9)14-6-4(10(12)13)2-1-3-5(6)11/h1-3,7,11H. The number of aromatic hydroxyl groups is 1. The number of hydrogen-bond acceptors (Lipinski definition) is 4. The molecule has 7 heteroatoms. The largest absolute Gasteiger partial charge is 0.504 e. The molecule has 0 spiro atoms. The van der Waals surface area contributed by atoms with Crippen LogP contribution in [0.2, 0.25) is 0 Å². The molecular weight excluding hydrogens is 200 g/mol. The lowest BCUT2D eigenvalue weighted by molar-refractivity contribution is -0.386. The third-order valence-corrected chi connectivity index (χ3v) is 1.38. The maximum atomic E-state index is 11.8. The number of nitro benzene ring substituents is 1. The van der Waals surface area contributed by atoms with Crippen molar-refractivity contribution in [1.29, 1.82) is 0 Å². The second-order valence-electron chi connectivity index (χ2n) is 2.26. The minimum atomic E-state index is -3.22. The molecule has 0 radical (unpaired) electrons. The van der Waals surface area contributed by atoms with E-state index in [2.05, 4.69) is 4.74 Å². The second-order valence-corrected chi connectivity index (χ2v) is 2.26. The van der Waals surface area contributed by atoms with Crippen LogP contribution < -0.4 is 4.74 Å². The Morgan fingerprint density at radius 2 is 2.14 bits per heavy atom. The van der Waals surface area contributed by atoms with Gasteiger partial charge in [0, 0.05) is 6.07 Å². The molecule has 1 N–H and O–H groups in total. The molecule has 0 bridgehead atoms. The van der Waals surface area contributed by atoms with Crippen LogP contribution in [0.1, 0.15) is 0 Å². The van der Waals surface area contributed by atoms with E-state index in [1.165, 1.54) is 0 Å². The normalized spacial score (nSPS) is 10.2. The minimum Gasteiger partial charge on any atom is -0.504 e. The minimum absolute atomic E-state index is 0.695. The number of nitrogens with zero attached hydrogens (tertiary/aromatic N) is 1. The quantitative estimate of drug-likeness (QED) is 0.604. The lowest BCUT2D eigenvalue weighted by Gasteiger charge is -2.06. The van der Waals surface area contributed by atoms with E-state index in [1.807, 2.05) is 0 Å². The van der Waals surface area contributed by atoms with Gasteiger partial charge >= 0.3 is 12.3 Å². The monoisotopic (exact) mass is 205 g/mol. The molecule has 0 saturated carbocycles. The van der Waals surface area contributed by atoms with E-state index >= 15 is 0 Å². The number of ether oxygens (including phenoxy) is 1. The summed E-state index contributed by atoms with van der Waals surface area (Å²) >= 11 is 0. The molecule has 0 unspecified atom stereocenters. The predicted octanol–water partition coefficient (Wildman–Crippen LogP) is 1.90. The third kappa shape index (κ3) is 2.06. The van der Waals surface area contributed by atoms with Crippen LogP contribution in [-0.2, 0) is 0 Å². The van der Waals surface area contributed by atoms with Gasteiger partial charge in [-0.3, -0.25) is 10.1 Å². The zero-order valence-electron chi connectivity index (χ0n) is 6.68. The van der Waals surface area contributed by atoms with E-state index in [1.54, 1.807) is 0 Å². The van der Waals surface area contributed by atoms with Crippen LogP contribution in [0.3, 0.4) is 0 Å². The highest BCUT2D eigenvalue weighted by Gasteiger charge is 2.21. The Balaban J connectivity index is 3.15. The van der Waals surface area contributed by atoms with Crippen LogP contribution in [-0.4, -0.2) is 16.6 Å². The molecule has 76 valence electrons. The van der Waals surface area contributed by atoms with E-state index in [0.717, 1.165) is 18.2 Å². The summed E-state index contributed by atoms with van der Waals surface area (Å²) in [5, 5.41) is 19.4. The average molecular weight is 205 g/mol. The zero-order chi connectivity index (χ0) is 10.7. The van der Waals surface area contributed by atoms with Gasteiger partial charge in [0.1, 0.15) is 0 Å². The van der Waals surface area contributed by atoms with Crippen LogP contribution in [0.25, 0.3) is 0 Å². The van der Waals surface area contributed by atoms with Crippen molar-refractivity contribution in [3.05, 3.63) is 28.3 Å². The van der Waals surface area contributed by atoms with Gasteiger partial charge in [-0.15, -0.1) is 0 Å². The summed E-state index contributed by atoms with van der Waals surface area (Å²) in [6.45, 7) is -3.22. The van der Waals surface area contributed by atoms with E-state index in [4.69, 9.17) is 5.11 Å². The average Bonchev–Trinajstić information content (AvgIpc) is 2.07. The van der Waals surface area contributed by atoms with Gasteiger partial charge in [-0.1, -0.05) is 6.07 Å². The van der Waals surface area contributed by atoms with E-state index in [0.29, 0.717) is 0 Å². The fraction of sp³-hybridized carbons (Fsp3) is 0.143. The first-order valence-electron chi connectivity index (χ1n) is 3.43. The summed E-state index contributed by atoms with van der Waals surface area (Å²) in [6.07, 6.45) is 0. The highest BCUT2D eigenvalue weighted by molar-refractivity contribution is 5.54. The number of alkyl halides is 2. The van der Waals surface area contributed by atoms with Crippen molar-refractivity contribution in [2.75, 3.05) is 0 Å². The molecule has 1 rings (SSSR count). The maximum absolute atomic E-state index is 11.8. The Kier molecular flexibility index (Phi) is 2.80. The summed E-state index contributed by atoms with van der Waals surface area (Å²) < 4.78 is 27.4. The number of halogens is 2. The summed E-state index contributed by atoms with van der Waals surface area (Å²) in [5.74, 6) is -1.52. The van der Waals surface area contributed by atoms with Crippen molar-refractivity contribution in [2.45, 2.75) is 6.61 Å².